The molecular formula is C16H14BrClN2S. The number of amidine groups is 1. The fourth-order valence-electron chi connectivity index (χ4n) is 2.13. The zero-order valence-corrected chi connectivity index (χ0v) is 14.4. The maximum absolute atomic E-state index is 5.89. The van der Waals surface area contributed by atoms with Gasteiger partial charge in [-0.05, 0) is 48.4 Å². The third-order valence-corrected chi connectivity index (χ3v) is 5.07. The summed E-state index contributed by atoms with van der Waals surface area (Å²) in [5.74, 6) is 0. The van der Waals surface area contributed by atoms with E-state index in [9.17, 15) is 0 Å². The molecule has 21 heavy (non-hydrogen) atoms. The van der Waals surface area contributed by atoms with Crippen LogP contribution in [0.5, 0.6) is 0 Å². The third-order valence-electron chi connectivity index (χ3n) is 3.19. The Morgan fingerprint density at radius 3 is 2.57 bits per heavy atom. The van der Waals surface area contributed by atoms with Crippen LogP contribution >= 0.6 is 39.3 Å². The lowest BCUT2D eigenvalue weighted by atomic mass is 10.1. The molecule has 1 aliphatic rings. The van der Waals surface area contributed by atoms with Crippen LogP contribution in [0.1, 0.15) is 5.56 Å². The van der Waals surface area contributed by atoms with E-state index in [0.29, 0.717) is 5.25 Å². The van der Waals surface area contributed by atoms with E-state index in [0.717, 1.165) is 33.3 Å². The van der Waals surface area contributed by atoms with Gasteiger partial charge in [0.2, 0.25) is 0 Å². The van der Waals surface area contributed by atoms with E-state index >= 15 is 0 Å². The van der Waals surface area contributed by atoms with Crippen LogP contribution in [0, 0.1) is 0 Å². The Hall–Kier alpha value is -0.970. The first-order chi connectivity index (χ1) is 10.2. The van der Waals surface area contributed by atoms with E-state index in [1.54, 1.807) is 11.8 Å². The van der Waals surface area contributed by atoms with Crippen LogP contribution in [0.25, 0.3) is 0 Å². The molecular weight excluding hydrogens is 368 g/mol. The van der Waals surface area contributed by atoms with Crippen molar-refractivity contribution in [2.75, 3.05) is 11.9 Å². The van der Waals surface area contributed by atoms with E-state index in [1.807, 2.05) is 24.3 Å². The van der Waals surface area contributed by atoms with Gasteiger partial charge in [0, 0.05) is 20.4 Å². The molecule has 0 unspecified atom stereocenters. The monoisotopic (exact) mass is 380 g/mol. The molecule has 1 N–H and O–H groups in total. The number of halogens is 2. The Balaban J connectivity index is 1.55. The van der Waals surface area contributed by atoms with Crippen molar-refractivity contribution in [2.45, 2.75) is 11.7 Å². The number of nitrogens with one attached hydrogen (secondary N) is 1. The topological polar surface area (TPSA) is 24.4 Å². The number of nitrogens with zero attached hydrogens (tertiary/aromatic N) is 1. The first kappa shape index (κ1) is 14.9. The maximum atomic E-state index is 5.89. The number of rotatable bonds is 3. The van der Waals surface area contributed by atoms with Crippen LogP contribution in [-0.4, -0.2) is 17.0 Å². The Morgan fingerprint density at radius 2 is 1.86 bits per heavy atom. The number of thioether (sulfide) groups is 1. The quantitative estimate of drug-likeness (QED) is 0.787. The van der Waals surface area contributed by atoms with Gasteiger partial charge < -0.3 is 5.32 Å². The molecule has 5 heteroatoms. The highest BCUT2D eigenvalue weighted by atomic mass is 79.9. The van der Waals surface area contributed by atoms with Gasteiger partial charge >= 0.3 is 0 Å². The van der Waals surface area contributed by atoms with Crippen molar-refractivity contribution in [3.05, 3.63) is 63.6 Å². The van der Waals surface area contributed by atoms with Gasteiger partial charge in [0.1, 0.15) is 0 Å². The molecule has 0 aliphatic carbocycles. The molecule has 108 valence electrons. The molecule has 1 aliphatic heterocycles. The summed E-state index contributed by atoms with van der Waals surface area (Å²) in [6.45, 7) is 0.858. The van der Waals surface area contributed by atoms with Crippen molar-refractivity contribution in [1.29, 1.82) is 0 Å². The van der Waals surface area contributed by atoms with Gasteiger partial charge in [-0.2, -0.15) is 0 Å². The van der Waals surface area contributed by atoms with E-state index in [1.165, 1.54) is 5.56 Å². The highest BCUT2D eigenvalue weighted by Gasteiger charge is 2.20. The van der Waals surface area contributed by atoms with Gasteiger partial charge in [-0.25, -0.2) is 0 Å². The van der Waals surface area contributed by atoms with Crippen LogP contribution < -0.4 is 5.32 Å². The molecule has 2 aromatic rings. The minimum absolute atomic E-state index is 0.501. The van der Waals surface area contributed by atoms with Crippen LogP contribution in [0.2, 0.25) is 5.02 Å². The van der Waals surface area contributed by atoms with E-state index in [2.05, 4.69) is 50.5 Å². The number of hydrogen-bond donors (Lipinski definition) is 1. The van der Waals surface area contributed by atoms with E-state index in [-0.39, 0.29) is 0 Å². The Morgan fingerprint density at radius 1 is 1.14 bits per heavy atom. The molecule has 2 aromatic carbocycles. The molecule has 0 saturated carbocycles. The second kappa shape index (κ2) is 6.86. The van der Waals surface area contributed by atoms with Crippen molar-refractivity contribution >= 4 is 50.1 Å². The van der Waals surface area contributed by atoms with Gasteiger partial charge in [0.15, 0.2) is 5.17 Å². The highest BCUT2D eigenvalue weighted by molar-refractivity contribution is 9.10. The molecule has 0 bridgehead atoms. The summed E-state index contributed by atoms with van der Waals surface area (Å²) in [7, 11) is 0. The fraction of sp³-hybridized carbons (Fsp3) is 0.188. The summed E-state index contributed by atoms with van der Waals surface area (Å²) in [6.07, 6.45) is 1.03. The number of anilines is 1. The standard InChI is InChI=1S/C16H14BrClN2S/c17-12-3-1-11(2-4-12)9-15-10-19-16(21-15)20-14-7-5-13(18)6-8-14/h1-8,15H,9-10H2,(H,19,20)/t15-/m1/s1. The van der Waals surface area contributed by atoms with Crippen molar-refractivity contribution in [1.82, 2.24) is 0 Å². The second-order valence-electron chi connectivity index (χ2n) is 4.85. The first-order valence-corrected chi connectivity index (χ1v) is 8.72. The molecule has 3 rings (SSSR count). The molecule has 0 saturated heterocycles. The highest BCUT2D eigenvalue weighted by Crippen LogP contribution is 2.26. The smallest absolute Gasteiger partial charge is 0.161 e. The molecule has 1 heterocycles. The van der Waals surface area contributed by atoms with Gasteiger partial charge in [0.25, 0.3) is 0 Å². The van der Waals surface area contributed by atoms with Gasteiger partial charge in [-0.1, -0.05) is 51.4 Å². The number of aliphatic imine (C=N–C) groups is 1. The molecule has 0 radical (unpaired) electrons. The van der Waals surface area contributed by atoms with Crippen molar-refractivity contribution in [2.24, 2.45) is 4.99 Å². The van der Waals surface area contributed by atoms with Gasteiger partial charge in [-0.3, -0.25) is 4.99 Å². The third kappa shape index (κ3) is 4.25. The van der Waals surface area contributed by atoms with Crippen molar-refractivity contribution < 1.29 is 0 Å². The summed E-state index contributed by atoms with van der Waals surface area (Å²) in [5.41, 5.74) is 2.37. The average molecular weight is 382 g/mol. The zero-order chi connectivity index (χ0) is 14.7. The number of hydrogen-bond acceptors (Lipinski definition) is 3. The molecule has 0 fully saturated rings. The van der Waals surface area contributed by atoms with Gasteiger partial charge in [-0.15, -0.1) is 0 Å². The summed E-state index contributed by atoms with van der Waals surface area (Å²) >= 11 is 11.2. The van der Waals surface area contributed by atoms with Crippen LogP contribution in [0.4, 0.5) is 5.69 Å². The summed E-state index contributed by atoms with van der Waals surface area (Å²) in [6, 6.07) is 16.2. The average Bonchev–Trinajstić information content (AvgIpc) is 2.91. The predicted octanol–water partition coefficient (Wildman–Crippen LogP) is 5.23. The summed E-state index contributed by atoms with van der Waals surface area (Å²) < 4.78 is 1.12. The van der Waals surface area contributed by atoms with Crippen LogP contribution in [0.3, 0.4) is 0 Å². The first-order valence-electron chi connectivity index (χ1n) is 6.67. The lowest BCUT2D eigenvalue weighted by molar-refractivity contribution is 0.870. The Labute approximate surface area is 142 Å². The Kier molecular flexibility index (Phi) is 4.88. The minimum atomic E-state index is 0.501. The van der Waals surface area contributed by atoms with Crippen LogP contribution in [-0.2, 0) is 6.42 Å². The molecule has 1 atom stereocenters. The number of benzene rings is 2. The van der Waals surface area contributed by atoms with Crippen molar-refractivity contribution in [3.8, 4) is 0 Å². The predicted molar refractivity (Wildman–Crippen MR) is 96.6 cm³/mol. The van der Waals surface area contributed by atoms with Gasteiger partial charge in [0.05, 0.1) is 6.54 Å². The lowest BCUT2D eigenvalue weighted by Gasteiger charge is -2.09. The molecule has 0 aromatic heterocycles. The van der Waals surface area contributed by atoms with E-state index in [4.69, 9.17) is 11.6 Å². The fourth-order valence-corrected chi connectivity index (χ4v) is 3.59. The second-order valence-corrected chi connectivity index (χ2v) is 7.49. The van der Waals surface area contributed by atoms with Crippen molar-refractivity contribution in [3.63, 3.8) is 0 Å². The maximum Gasteiger partial charge on any atom is 0.161 e. The largest absolute Gasteiger partial charge is 0.335 e. The summed E-state index contributed by atoms with van der Waals surface area (Å²) in [5, 5.41) is 5.57. The molecule has 0 amide bonds. The normalized spacial score (nSPS) is 17.6. The summed E-state index contributed by atoms with van der Waals surface area (Å²) in [4.78, 5) is 4.57. The minimum Gasteiger partial charge on any atom is -0.335 e. The molecule has 2 nitrogen and oxygen atoms in total. The lowest BCUT2D eigenvalue weighted by Crippen LogP contribution is -2.10. The van der Waals surface area contributed by atoms with E-state index < -0.39 is 0 Å². The zero-order valence-electron chi connectivity index (χ0n) is 11.2. The Bertz CT molecular complexity index is 640. The SMILES string of the molecule is Clc1ccc(NC2=NC[C@@H](Cc3ccc(Br)cc3)S2)cc1. The molecule has 0 spiro atoms. The van der Waals surface area contributed by atoms with Crippen LogP contribution in [0.15, 0.2) is 58.0 Å².